The standard InChI is InChI=1S/C13H15NO2/c1-2-4-10(5-3-1)8-15-12-7-6-11-9-16-14-13(11)12/h1-5,11-12H,6-9H2. The molecule has 0 spiro atoms. The fourth-order valence-corrected chi connectivity index (χ4v) is 2.35. The normalized spacial score (nSPS) is 27.4. The van der Waals surface area contributed by atoms with Gasteiger partial charge in [0.2, 0.25) is 0 Å². The molecule has 1 aromatic rings. The molecule has 0 aromatic heterocycles. The number of hydrogen-bond acceptors (Lipinski definition) is 3. The van der Waals surface area contributed by atoms with Gasteiger partial charge in [0.15, 0.2) is 0 Å². The van der Waals surface area contributed by atoms with Crippen LogP contribution in [0.1, 0.15) is 18.4 Å². The summed E-state index contributed by atoms with van der Waals surface area (Å²) in [6.07, 6.45) is 2.41. The van der Waals surface area contributed by atoms with Gasteiger partial charge in [0, 0.05) is 5.92 Å². The molecule has 3 heteroatoms. The highest BCUT2D eigenvalue weighted by Crippen LogP contribution is 2.30. The molecule has 0 N–H and O–H groups in total. The number of oxime groups is 1. The Labute approximate surface area is 95.1 Å². The molecule has 3 nitrogen and oxygen atoms in total. The molecule has 0 bridgehead atoms. The van der Waals surface area contributed by atoms with Gasteiger partial charge in [-0.3, -0.25) is 0 Å². The van der Waals surface area contributed by atoms with E-state index in [1.54, 1.807) is 0 Å². The lowest BCUT2D eigenvalue weighted by molar-refractivity contribution is 0.0797. The van der Waals surface area contributed by atoms with Crippen molar-refractivity contribution in [2.45, 2.75) is 25.6 Å². The Hall–Kier alpha value is -1.35. The zero-order chi connectivity index (χ0) is 10.8. The maximum absolute atomic E-state index is 5.89. The van der Waals surface area contributed by atoms with E-state index in [0.717, 1.165) is 25.2 Å². The first kappa shape index (κ1) is 9.85. The van der Waals surface area contributed by atoms with Gasteiger partial charge in [-0.2, -0.15) is 0 Å². The molecule has 3 rings (SSSR count). The molecule has 2 atom stereocenters. The van der Waals surface area contributed by atoms with Crippen molar-refractivity contribution in [2.75, 3.05) is 6.61 Å². The molecule has 1 saturated carbocycles. The largest absolute Gasteiger partial charge is 0.395 e. The van der Waals surface area contributed by atoms with Gasteiger partial charge < -0.3 is 9.57 Å². The number of rotatable bonds is 3. The Morgan fingerprint density at radius 3 is 3.00 bits per heavy atom. The van der Waals surface area contributed by atoms with Crippen LogP contribution in [-0.4, -0.2) is 18.4 Å². The smallest absolute Gasteiger partial charge is 0.125 e. The van der Waals surface area contributed by atoms with E-state index in [1.165, 1.54) is 5.56 Å². The summed E-state index contributed by atoms with van der Waals surface area (Å²) in [6.45, 7) is 1.41. The molecule has 2 unspecified atom stereocenters. The van der Waals surface area contributed by atoms with Gasteiger partial charge in [-0.05, 0) is 18.4 Å². The summed E-state index contributed by atoms with van der Waals surface area (Å²) in [5.41, 5.74) is 2.33. The third-order valence-electron chi connectivity index (χ3n) is 3.27. The third-order valence-corrected chi connectivity index (χ3v) is 3.27. The van der Waals surface area contributed by atoms with Crippen LogP contribution in [-0.2, 0) is 16.2 Å². The van der Waals surface area contributed by atoms with Crippen molar-refractivity contribution in [3.05, 3.63) is 35.9 Å². The predicted molar refractivity (Wildman–Crippen MR) is 61.1 cm³/mol. The number of hydrogen-bond donors (Lipinski definition) is 0. The van der Waals surface area contributed by atoms with Crippen molar-refractivity contribution >= 4 is 5.71 Å². The maximum atomic E-state index is 5.89. The van der Waals surface area contributed by atoms with Crippen molar-refractivity contribution in [2.24, 2.45) is 11.1 Å². The number of nitrogens with zero attached hydrogens (tertiary/aromatic N) is 1. The van der Waals surface area contributed by atoms with Crippen molar-refractivity contribution < 1.29 is 9.57 Å². The van der Waals surface area contributed by atoms with Gasteiger partial charge in [0.25, 0.3) is 0 Å². The molecule has 1 aliphatic heterocycles. The molecular weight excluding hydrogens is 202 g/mol. The SMILES string of the molecule is c1ccc(COC2CCC3CON=C32)cc1. The lowest BCUT2D eigenvalue weighted by atomic mass is 10.1. The van der Waals surface area contributed by atoms with Crippen LogP contribution in [0.4, 0.5) is 0 Å². The van der Waals surface area contributed by atoms with Gasteiger partial charge in [0.1, 0.15) is 6.61 Å². The van der Waals surface area contributed by atoms with E-state index < -0.39 is 0 Å². The Bertz CT molecular complexity index is 388. The topological polar surface area (TPSA) is 30.8 Å². The van der Waals surface area contributed by atoms with Crippen molar-refractivity contribution in [1.82, 2.24) is 0 Å². The molecule has 1 fully saturated rings. The Kier molecular flexibility index (Phi) is 2.62. The van der Waals surface area contributed by atoms with E-state index in [2.05, 4.69) is 17.3 Å². The molecule has 16 heavy (non-hydrogen) atoms. The molecule has 2 aliphatic rings. The van der Waals surface area contributed by atoms with Crippen LogP contribution in [0.15, 0.2) is 35.5 Å². The summed E-state index contributed by atoms with van der Waals surface area (Å²) < 4.78 is 5.89. The summed E-state index contributed by atoms with van der Waals surface area (Å²) in [5.74, 6) is 0.515. The van der Waals surface area contributed by atoms with E-state index in [0.29, 0.717) is 12.5 Å². The van der Waals surface area contributed by atoms with Gasteiger partial charge in [-0.15, -0.1) is 0 Å². The van der Waals surface area contributed by atoms with Gasteiger partial charge in [-0.25, -0.2) is 0 Å². The molecule has 1 heterocycles. The van der Waals surface area contributed by atoms with Gasteiger partial charge in [-0.1, -0.05) is 35.5 Å². The monoisotopic (exact) mass is 217 g/mol. The van der Waals surface area contributed by atoms with Crippen molar-refractivity contribution in [1.29, 1.82) is 0 Å². The lowest BCUT2D eigenvalue weighted by Gasteiger charge is -2.11. The summed E-state index contributed by atoms with van der Waals surface area (Å²) in [7, 11) is 0. The third kappa shape index (κ3) is 1.83. The van der Waals surface area contributed by atoms with E-state index in [4.69, 9.17) is 9.57 Å². The van der Waals surface area contributed by atoms with Crippen molar-refractivity contribution in [3.63, 3.8) is 0 Å². The average molecular weight is 217 g/mol. The summed E-state index contributed by atoms with van der Waals surface area (Å²) in [5, 5.41) is 4.08. The second-order valence-electron chi connectivity index (χ2n) is 4.37. The van der Waals surface area contributed by atoms with Crippen molar-refractivity contribution in [3.8, 4) is 0 Å². The lowest BCUT2D eigenvalue weighted by Crippen LogP contribution is -2.20. The van der Waals surface area contributed by atoms with Crippen LogP contribution in [0.5, 0.6) is 0 Å². The highest BCUT2D eigenvalue weighted by atomic mass is 16.6. The molecular formula is C13H15NO2. The first-order valence-corrected chi connectivity index (χ1v) is 5.79. The van der Waals surface area contributed by atoms with Crippen LogP contribution in [0, 0.1) is 5.92 Å². The second kappa shape index (κ2) is 4.26. The number of benzene rings is 1. The maximum Gasteiger partial charge on any atom is 0.125 e. The fraction of sp³-hybridized carbons (Fsp3) is 0.462. The van der Waals surface area contributed by atoms with Gasteiger partial charge >= 0.3 is 0 Å². The highest BCUT2D eigenvalue weighted by Gasteiger charge is 2.37. The predicted octanol–water partition coefficient (Wildman–Crippen LogP) is 2.37. The molecule has 0 amide bonds. The second-order valence-corrected chi connectivity index (χ2v) is 4.37. The van der Waals surface area contributed by atoms with Crippen LogP contribution in [0.25, 0.3) is 0 Å². The molecule has 0 saturated heterocycles. The van der Waals surface area contributed by atoms with Crippen LogP contribution in [0.2, 0.25) is 0 Å². The summed E-state index contributed by atoms with van der Waals surface area (Å²) in [6, 6.07) is 10.3. The summed E-state index contributed by atoms with van der Waals surface area (Å²) >= 11 is 0. The zero-order valence-electron chi connectivity index (χ0n) is 9.13. The molecule has 0 radical (unpaired) electrons. The van der Waals surface area contributed by atoms with Crippen LogP contribution >= 0.6 is 0 Å². The van der Waals surface area contributed by atoms with Crippen LogP contribution < -0.4 is 0 Å². The first-order valence-electron chi connectivity index (χ1n) is 5.79. The zero-order valence-corrected chi connectivity index (χ0v) is 9.13. The average Bonchev–Trinajstić information content (AvgIpc) is 2.90. The molecule has 84 valence electrons. The minimum Gasteiger partial charge on any atom is -0.395 e. The number of ether oxygens (including phenoxy) is 1. The Morgan fingerprint density at radius 1 is 1.25 bits per heavy atom. The first-order chi connectivity index (χ1) is 7.93. The summed E-state index contributed by atoms with van der Waals surface area (Å²) in [4.78, 5) is 5.10. The van der Waals surface area contributed by atoms with Crippen LogP contribution in [0.3, 0.4) is 0 Å². The molecule has 1 aliphatic carbocycles. The highest BCUT2D eigenvalue weighted by molar-refractivity contribution is 5.93. The quantitative estimate of drug-likeness (QED) is 0.778. The van der Waals surface area contributed by atoms with E-state index in [9.17, 15) is 0 Å². The Balaban J connectivity index is 1.60. The van der Waals surface area contributed by atoms with Gasteiger partial charge in [0.05, 0.1) is 18.4 Å². The minimum atomic E-state index is 0.174. The molecule has 1 aromatic carbocycles. The number of fused-ring (bicyclic) bond motifs is 1. The minimum absolute atomic E-state index is 0.174. The fourth-order valence-electron chi connectivity index (χ4n) is 2.35. The van der Waals surface area contributed by atoms with E-state index >= 15 is 0 Å². The van der Waals surface area contributed by atoms with E-state index in [1.807, 2.05) is 18.2 Å². The van der Waals surface area contributed by atoms with E-state index in [-0.39, 0.29) is 6.10 Å². The Morgan fingerprint density at radius 2 is 2.12 bits per heavy atom.